The Bertz CT molecular complexity index is 498. The van der Waals surface area contributed by atoms with Gasteiger partial charge in [0.05, 0.1) is 13.5 Å². The third kappa shape index (κ3) is 5.17. The van der Waals surface area contributed by atoms with Gasteiger partial charge in [-0.25, -0.2) is 5.43 Å². The zero-order valence-electron chi connectivity index (χ0n) is 13.6. The molecule has 120 valence electrons. The molecule has 0 aromatic heterocycles. The predicted molar refractivity (Wildman–Crippen MR) is 89.1 cm³/mol. The summed E-state index contributed by atoms with van der Waals surface area (Å²) in [5.41, 5.74) is 4.79. The average molecular weight is 302 g/mol. The van der Waals surface area contributed by atoms with E-state index in [2.05, 4.69) is 17.5 Å². The lowest BCUT2D eigenvalue weighted by atomic mass is 9.85. The summed E-state index contributed by atoms with van der Waals surface area (Å²) in [5, 5.41) is 4.30. The second kappa shape index (κ2) is 8.57. The topological polar surface area (TPSA) is 50.7 Å². The summed E-state index contributed by atoms with van der Waals surface area (Å²) in [7, 11) is 1.63. The molecule has 0 unspecified atom stereocenters. The molecule has 4 heteroatoms. The van der Waals surface area contributed by atoms with Crippen LogP contribution in [0.15, 0.2) is 29.4 Å². The molecule has 0 spiro atoms. The Labute approximate surface area is 132 Å². The molecule has 1 aliphatic carbocycles. The van der Waals surface area contributed by atoms with E-state index in [1.165, 1.54) is 25.7 Å². The van der Waals surface area contributed by atoms with Gasteiger partial charge in [0, 0.05) is 5.71 Å². The van der Waals surface area contributed by atoms with Crippen LogP contribution in [0.25, 0.3) is 0 Å². The number of hydrogen-bond acceptors (Lipinski definition) is 3. The second-order valence-corrected chi connectivity index (χ2v) is 5.97. The molecule has 0 radical (unpaired) electrons. The molecular formula is C18H26N2O2. The minimum Gasteiger partial charge on any atom is -0.497 e. The van der Waals surface area contributed by atoms with Crippen molar-refractivity contribution in [3.63, 3.8) is 0 Å². The first-order valence-corrected chi connectivity index (χ1v) is 8.18. The van der Waals surface area contributed by atoms with Crippen LogP contribution in [0.5, 0.6) is 5.75 Å². The molecule has 1 aromatic rings. The first-order chi connectivity index (χ1) is 10.7. The van der Waals surface area contributed by atoms with Gasteiger partial charge in [-0.05, 0) is 49.3 Å². The number of amides is 1. The van der Waals surface area contributed by atoms with Gasteiger partial charge in [-0.2, -0.15) is 5.10 Å². The average Bonchev–Trinajstić information content (AvgIpc) is 2.55. The minimum absolute atomic E-state index is 0.0617. The van der Waals surface area contributed by atoms with Crippen LogP contribution in [0, 0.1) is 5.92 Å². The van der Waals surface area contributed by atoms with E-state index in [0.717, 1.165) is 35.8 Å². The summed E-state index contributed by atoms with van der Waals surface area (Å²) in [4.78, 5) is 11.9. The highest BCUT2D eigenvalue weighted by Gasteiger charge is 2.17. The van der Waals surface area contributed by atoms with Gasteiger partial charge in [0.15, 0.2) is 0 Å². The van der Waals surface area contributed by atoms with Crippen LogP contribution in [-0.4, -0.2) is 18.7 Å². The number of hydrogen-bond donors (Lipinski definition) is 1. The van der Waals surface area contributed by atoms with E-state index in [9.17, 15) is 4.79 Å². The summed E-state index contributed by atoms with van der Waals surface area (Å²) in [6.07, 6.45) is 7.38. The van der Waals surface area contributed by atoms with Gasteiger partial charge in [-0.15, -0.1) is 0 Å². The molecule has 4 nitrogen and oxygen atoms in total. The first-order valence-electron chi connectivity index (χ1n) is 8.18. The van der Waals surface area contributed by atoms with Crippen LogP contribution in [0.2, 0.25) is 0 Å². The maximum Gasteiger partial charge on any atom is 0.244 e. The molecule has 1 aliphatic rings. The van der Waals surface area contributed by atoms with Crippen molar-refractivity contribution in [1.29, 1.82) is 0 Å². The largest absolute Gasteiger partial charge is 0.497 e. The highest BCUT2D eigenvalue weighted by Crippen LogP contribution is 2.25. The highest BCUT2D eigenvalue weighted by molar-refractivity contribution is 5.87. The van der Waals surface area contributed by atoms with E-state index in [1.54, 1.807) is 7.11 Å². The van der Waals surface area contributed by atoms with E-state index < -0.39 is 0 Å². The molecule has 22 heavy (non-hydrogen) atoms. The Balaban J connectivity index is 1.76. The minimum atomic E-state index is -0.0617. The fourth-order valence-corrected chi connectivity index (χ4v) is 2.93. The monoisotopic (exact) mass is 302 g/mol. The predicted octanol–water partition coefficient (Wildman–Crippen LogP) is 3.70. The Morgan fingerprint density at radius 1 is 1.27 bits per heavy atom. The number of carbonyl (C=O) groups is 1. The number of rotatable bonds is 6. The van der Waals surface area contributed by atoms with Gasteiger partial charge in [0.1, 0.15) is 5.75 Å². The molecule has 0 saturated heterocycles. The molecule has 1 N–H and O–H groups in total. The lowest BCUT2D eigenvalue weighted by Crippen LogP contribution is -2.23. The number of nitrogens with zero attached hydrogens (tertiary/aromatic N) is 1. The molecule has 1 amide bonds. The molecule has 0 atom stereocenters. The fourth-order valence-electron chi connectivity index (χ4n) is 2.93. The van der Waals surface area contributed by atoms with Crippen molar-refractivity contribution >= 4 is 11.6 Å². The molecular weight excluding hydrogens is 276 g/mol. The number of benzene rings is 1. The number of nitrogens with one attached hydrogen (secondary N) is 1. The van der Waals surface area contributed by atoms with Crippen molar-refractivity contribution in [2.75, 3.05) is 7.11 Å². The van der Waals surface area contributed by atoms with Crippen molar-refractivity contribution in [2.45, 2.75) is 51.9 Å². The fraction of sp³-hybridized carbons (Fsp3) is 0.556. The third-order valence-corrected chi connectivity index (χ3v) is 4.24. The Kier molecular flexibility index (Phi) is 6.44. The highest BCUT2D eigenvalue weighted by atomic mass is 16.5. The van der Waals surface area contributed by atoms with Crippen LogP contribution in [0.3, 0.4) is 0 Å². The Morgan fingerprint density at radius 3 is 2.55 bits per heavy atom. The van der Waals surface area contributed by atoms with Gasteiger partial charge in [-0.3, -0.25) is 4.79 Å². The van der Waals surface area contributed by atoms with E-state index in [0.29, 0.717) is 6.42 Å². The van der Waals surface area contributed by atoms with Crippen LogP contribution in [0.1, 0.15) is 51.0 Å². The van der Waals surface area contributed by atoms with Crippen LogP contribution in [0.4, 0.5) is 0 Å². The molecule has 1 saturated carbocycles. The van der Waals surface area contributed by atoms with Gasteiger partial charge in [-0.1, -0.05) is 31.9 Å². The van der Waals surface area contributed by atoms with Crippen molar-refractivity contribution in [3.8, 4) is 5.75 Å². The molecule has 2 rings (SSSR count). The zero-order chi connectivity index (χ0) is 15.8. The maximum absolute atomic E-state index is 11.9. The van der Waals surface area contributed by atoms with Gasteiger partial charge < -0.3 is 4.74 Å². The van der Waals surface area contributed by atoms with E-state index in [4.69, 9.17) is 4.74 Å². The normalized spacial score (nSPS) is 17.9. The van der Waals surface area contributed by atoms with Crippen LogP contribution in [-0.2, 0) is 11.2 Å². The number of hydrazone groups is 1. The summed E-state index contributed by atoms with van der Waals surface area (Å²) in [6, 6.07) is 7.54. The van der Waals surface area contributed by atoms with Gasteiger partial charge >= 0.3 is 0 Å². The summed E-state index contributed by atoms with van der Waals surface area (Å²) in [6.45, 7) is 2.24. The van der Waals surface area contributed by atoms with E-state index in [-0.39, 0.29) is 5.91 Å². The number of ether oxygens (including phenoxy) is 1. The zero-order valence-corrected chi connectivity index (χ0v) is 13.6. The van der Waals surface area contributed by atoms with Crippen LogP contribution >= 0.6 is 0 Å². The molecule has 1 fully saturated rings. The maximum atomic E-state index is 11.9. The summed E-state index contributed by atoms with van der Waals surface area (Å²) >= 11 is 0. The summed E-state index contributed by atoms with van der Waals surface area (Å²) < 4.78 is 5.10. The Hall–Kier alpha value is -1.84. The van der Waals surface area contributed by atoms with Gasteiger partial charge in [0.25, 0.3) is 0 Å². The lowest BCUT2D eigenvalue weighted by Gasteiger charge is -2.22. The smallest absolute Gasteiger partial charge is 0.244 e. The van der Waals surface area contributed by atoms with Crippen LogP contribution < -0.4 is 10.2 Å². The molecule has 0 heterocycles. The van der Waals surface area contributed by atoms with E-state index >= 15 is 0 Å². The number of carbonyl (C=O) groups excluding carboxylic acids is 1. The molecule has 1 aromatic carbocycles. The van der Waals surface area contributed by atoms with Crippen molar-refractivity contribution < 1.29 is 9.53 Å². The summed E-state index contributed by atoms with van der Waals surface area (Å²) in [5.74, 6) is 1.58. The lowest BCUT2D eigenvalue weighted by molar-refractivity contribution is -0.120. The molecule has 0 aliphatic heterocycles. The SMILES string of the molecule is CCCC1CCC(=NNC(=O)Cc2ccc(OC)cc2)CC1. The second-order valence-electron chi connectivity index (χ2n) is 5.97. The first kappa shape index (κ1) is 16.5. The van der Waals surface area contributed by atoms with Crippen molar-refractivity contribution in [2.24, 2.45) is 11.0 Å². The van der Waals surface area contributed by atoms with E-state index in [1.807, 2.05) is 24.3 Å². The van der Waals surface area contributed by atoms with Crippen molar-refractivity contribution in [3.05, 3.63) is 29.8 Å². The quantitative estimate of drug-likeness (QED) is 0.815. The molecule has 0 bridgehead atoms. The number of methoxy groups -OCH3 is 1. The van der Waals surface area contributed by atoms with Gasteiger partial charge in [0.2, 0.25) is 5.91 Å². The standard InChI is InChI=1S/C18H26N2O2/c1-3-4-14-5-9-16(10-6-14)19-20-18(21)13-15-7-11-17(22-2)12-8-15/h7-8,11-12,14H,3-6,9-10,13H2,1-2H3,(H,20,21). The Morgan fingerprint density at radius 2 is 1.95 bits per heavy atom. The van der Waals surface area contributed by atoms with Crippen molar-refractivity contribution in [1.82, 2.24) is 5.43 Å². The third-order valence-electron chi connectivity index (χ3n) is 4.24.